The van der Waals surface area contributed by atoms with Crippen molar-refractivity contribution in [1.29, 1.82) is 0 Å². The van der Waals surface area contributed by atoms with Crippen LogP contribution in [0.4, 0.5) is 17.6 Å². The normalized spacial score (nSPS) is 19.0. The second kappa shape index (κ2) is 3.19. The minimum Gasteiger partial charge on any atom is -0.353 e. The summed E-state index contributed by atoms with van der Waals surface area (Å²) in [5.41, 5.74) is 0. The van der Waals surface area contributed by atoms with Crippen molar-refractivity contribution in [3.05, 3.63) is 12.7 Å². The quantitative estimate of drug-likeness (QED) is 0.757. The van der Waals surface area contributed by atoms with Crippen LogP contribution in [-0.4, -0.2) is 31.9 Å². The lowest BCUT2D eigenvalue weighted by molar-refractivity contribution is -0.322. The van der Waals surface area contributed by atoms with Crippen molar-refractivity contribution in [2.24, 2.45) is 0 Å². The maximum absolute atomic E-state index is 13.0. The lowest BCUT2D eigenvalue weighted by Gasteiger charge is -2.28. The van der Waals surface area contributed by atoms with Gasteiger partial charge in [-0.15, -0.1) is 0 Å². The molecule has 2 atom stereocenters. The van der Waals surface area contributed by atoms with Crippen LogP contribution in [-0.2, 0) is 6.05 Å². The Hall–Kier alpha value is -1.18. The molecule has 0 saturated carbocycles. The van der Waals surface area contributed by atoms with E-state index in [2.05, 4.69) is 10.1 Å². The number of alkyl halides is 4. The summed E-state index contributed by atoms with van der Waals surface area (Å²) in [6, 6.07) is -4.50. The average molecular weight is 213 g/mol. The molecule has 1 heterocycles. The van der Waals surface area contributed by atoms with Crippen molar-refractivity contribution < 1.29 is 22.7 Å². The highest BCUT2D eigenvalue weighted by molar-refractivity contribution is 4.85. The van der Waals surface area contributed by atoms with Gasteiger partial charge in [0.05, 0.1) is 0 Å². The van der Waals surface area contributed by atoms with Gasteiger partial charge in [-0.05, 0) is 6.92 Å². The summed E-state index contributed by atoms with van der Waals surface area (Å²) in [6.07, 6.45) is -1.57. The van der Waals surface area contributed by atoms with E-state index in [9.17, 15) is 17.6 Å². The Morgan fingerprint density at radius 3 is 2.36 bits per heavy atom. The summed E-state index contributed by atoms with van der Waals surface area (Å²) in [5.74, 6) is -4.32. The van der Waals surface area contributed by atoms with E-state index in [0.29, 0.717) is 19.6 Å². The number of hydrogen-bond acceptors (Lipinski definition) is 3. The third-order valence-corrected chi connectivity index (χ3v) is 1.66. The van der Waals surface area contributed by atoms with Crippen molar-refractivity contribution in [3.63, 3.8) is 0 Å². The van der Waals surface area contributed by atoms with E-state index in [4.69, 9.17) is 5.11 Å². The standard InChI is InChI=1S/C6H7F4N3O/c1-4(7)5(8,14)6(9,10)13-3-11-2-12-13/h2-4,14H,1H3. The molecule has 1 N–H and O–H groups in total. The average Bonchev–Trinajstić information content (AvgIpc) is 2.55. The van der Waals surface area contributed by atoms with Gasteiger partial charge in [-0.1, -0.05) is 0 Å². The molecule has 0 aliphatic heterocycles. The van der Waals surface area contributed by atoms with Gasteiger partial charge in [-0.25, -0.2) is 9.37 Å². The molecule has 0 aliphatic carbocycles. The molecule has 8 heteroatoms. The van der Waals surface area contributed by atoms with Crippen LogP contribution in [0.2, 0.25) is 0 Å². The first-order chi connectivity index (χ1) is 6.30. The largest absolute Gasteiger partial charge is 0.405 e. The molecule has 0 aliphatic rings. The molecule has 0 radical (unpaired) electrons. The number of halogens is 4. The molecular formula is C6H7F4N3O. The molecule has 0 saturated heterocycles. The zero-order valence-corrected chi connectivity index (χ0v) is 7.03. The minimum absolute atomic E-state index is 0.247. The highest BCUT2D eigenvalue weighted by atomic mass is 19.3. The topological polar surface area (TPSA) is 50.9 Å². The Kier molecular flexibility index (Phi) is 2.49. The fourth-order valence-corrected chi connectivity index (χ4v) is 0.753. The van der Waals surface area contributed by atoms with Crippen molar-refractivity contribution in [1.82, 2.24) is 14.8 Å². The van der Waals surface area contributed by atoms with Crippen LogP contribution in [0.25, 0.3) is 0 Å². The lowest BCUT2D eigenvalue weighted by Crippen LogP contribution is -2.52. The number of aliphatic hydroxyl groups is 1. The van der Waals surface area contributed by atoms with Crippen LogP contribution in [0, 0.1) is 0 Å². The van der Waals surface area contributed by atoms with Gasteiger partial charge in [0.2, 0.25) is 0 Å². The Labute approximate surface area is 76.2 Å². The van der Waals surface area contributed by atoms with E-state index >= 15 is 0 Å². The van der Waals surface area contributed by atoms with E-state index < -0.39 is 18.1 Å². The third kappa shape index (κ3) is 1.45. The summed E-state index contributed by atoms with van der Waals surface area (Å²) in [4.78, 5) is 3.13. The SMILES string of the molecule is CC(F)C(O)(F)C(F)(F)n1cncn1. The highest BCUT2D eigenvalue weighted by Gasteiger charge is 2.60. The molecule has 14 heavy (non-hydrogen) atoms. The summed E-state index contributed by atoms with van der Waals surface area (Å²) >= 11 is 0. The first-order valence-electron chi connectivity index (χ1n) is 3.58. The van der Waals surface area contributed by atoms with Gasteiger partial charge in [-0.2, -0.15) is 23.0 Å². The fraction of sp³-hybridized carbons (Fsp3) is 0.667. The second-order valence-corrected chi connectivity index (χ2v) is 2.67. The Morgan fingerprint density at radius 1 is 1.43 bits per heavy atom. The molecule has 2 unspecified atom stereocenters. The Morgan fingerprint density at radius 2 is 2.00 bits per heavy atom. The molecular weight excluding hydrogens is 206 g/mol. The first-order valence-corrected chi connectivity index (χ1v) is 3.58. The molecule has 80 valence electrons. The predicted molar refractivity (Wildman–Crippen MR) is 36.8 cm³/mol. The van der Waals surface area contributed by atoms with Gasteiger partial charge in [0.1, 0.15) is 12.7 Å². The summed E-state index contributed by atoms with van der Waals surface area (Å²) in [7, 11) is 0. The molecule has 1 rings (SSSR count). The van der Waals surface area contributed by atoms with Gasteiger partial charge in [-0.3, -0.25) is 0 Å². The maximum Gasteiger partial charge on any atom is 0.405 e. The first kappa shape index (κ1) is 10.9. The van der Waals surface area contributed by atoms with Gasteiger partial charge < -0.3 is 5.11 Å². The lowest BCUT2D eigenvalue weighted by atomic mass is 10.2. The second-order valence-electron chi connectivity index (χ2n) is 2.67. The smallest absolute Gasteiger partial charge is 0.353 e. The van der Waals surface area contributed by atoms with Gasteiger partial charge in [0.15, 0.2) is 6.17 Å². The number of aromatic nitrogens is 3. The molecule has 0 bridgehead atoms. The van der Waals surface area contributed by atoms with Crippen molar-refractivity contribution in [3.8, 4) is 0 Å². The van der Waals surface area contributed by atoms with Crippen LogP contribution in [0.3, 0.4) is 0 Å². The van der Waals surface area contributed by atoms with Crippen LogP contribution in [0.15, 0.2) is 12.7 Å². The van der Waals surface area contributed by atoms with E-state index in [0.717, 1.165) is 0 Å². The number of nitrogens with zero attached hydrogens (tertiary/aromatic N) is 3. The molecule has 1 aromatic heterocycles. The molecule has 1 aromatic rings. The molecule has 0 aromatic carbocycles. The number of hydrogen-bond donors (Lipinski definition) is 1. The fourth-order valence-electron chi connectivity index (χ4n) is 0.753. The highest BCUT2D eigenvalue weighted by Crippen LogP contribution is 2.37. The summed E-state index contributed by atoms with van der Waals surface area (Å²) in [5, 5.41) is 11.5. The Balaban J connectivity index is 3.07. The van der Waals surface area contributed by atoms with Crippen LogP contribution in [0.1, 0.15) is 6.92 Å². The van der Waals surface area contributed by atoms with Gasteiger partial charge >= 0.3 is 11.9 Å². The molecule has 0 amide bonds. The van der Waals surface area contributed by atoms with Gasteiger partial charge in [0.25, 0.3) is 0 Å². The molecule has 0 spiro atoms. The maximum atomic E-state index is 13.0. The zero-order valence-electron chi connectivity index (χ0n) is 7.03. The third-order valence-electron chi connectivity index (χ3n) is 1.66. The Bertz CT molecular complexity index is 298. The zero-order chi connectivity index (χ0) is 11.0. The van der Waals surface area contributed by atoms with E-state index in [1.807, 2.05) is 0 Å². The predicted octanol–water partition coefficient (Wildman–Crippen LogP) is 0.844. The van der Waals surface area contributed by atoms with Crippen molar-refractivity contribution >= 4 is 0 Å². The minimum atomic E-state index is -4.50. The molecule has 0 fully saturated rings. The van der Waals surface area contributed by atoms with Crippen molar-refractivity contribution in [2.45, 2.75) is 25.0 Å². The van der Waals surface area contributed by atoms with Crippen molar-refractivity contribution in [2.75, 3.05) is 0 Å². The number of rotatable bonds is 3. The summed E-state index contributed by atoms with van der Waals surface area (Å²) < 4.78 is 51.1. The van der Waals surface area contributed by atoms with E-state index in [1.54, 1.807) is 0 Å². The van der Waals surface area contributed by atoms with E-state index in [1.165, 1.54) is 0 Å². The summed E-state index contributed by atoms with van der Waals surface area (Å²) in [6.45, 7) is 0.477. The van der Waals surface area contributed by atoms with Gasteiger partial charge in [0, 0.05) is 0 Å². The monoisotopic (exact) mass is 213 g/mol. The van der Waals surface area contributed by atoms with Crippen LogP contribution >= 0.6 is 0 Å². The molecule has 4 nitrogen and oxygen atoms in total. The van der Waals surface area contributed by atoms with E-state index in [-0.39, 0.29) is 4.68 Å². The van der Waals surface area contributed by atoms with Crippen LogP contribution < -0.4 is 0 Å². The van der Waals surface area contributed by atoms with Crippen LogP contribution in [0.5, 0.6) is 0 Å².